The SMILES string of the molecule is Cc1cc(C)cc(OCC(=O)OCC(=O)Nc2ccc(OCc3ccccc3)cc2)c1. The maximum absolute atomic E-state index is 12.0. The first-order valence-corrected chi connectivity index (χ1v) is 9.91. The van der Waals surface area contributed by atoms with Gasteiger partial charge in [0.2, 0.25) is 0 Å². The Morgan fingerprint density at radius 2 is 1.45 bits per heavy atom. The molecule has 6 heteroatoms. The summed E-state index contributed by atoms with van der Waals surface area (Å²) in [5.74, 6) is 0.238. The molecule has 0 saturated carbocycles. The molecule has 3 rings (SSSR count). The molecule has 1 amide bonds. The number of anilines is 1. The Balaban J connectivity index is 1.38. The number of ether oxygens (including phenoxy) is 3. The highest BCUT2D eigenvalue weighted by Gasteiger charge is 2.09. The maximum Gasteiger partial charge on any atom is 0.344 e. The van der Waals surface area contributed by atoms with E-state index in [1.165, 1.54) is 0 Å². The highest BCUT2D eigenvalue weighted by atomic mass is 16.6. The average Bonchev–Trinajstić information content (AvgIpc) is 2.76. The van der Waals surface area contributed by atoms with Crippen molar-refractivity contribution in [3.8, 4) is 11.5 Å². The summed E-state index contributed by atoms with van der Waals surface area (Å²) < 4.78 is 16.1. The Kier molecular flexibility index (Phi) is 7.65. The van der Waals surface area contributed by atoms with Gasteiger partial charge in [-0.3, -0.25) is 4.79 Å². The van der Waals surface area contributed by atoms with Crippen LogP contribution in [-0.2, 0) is 20.9 Å². The van der Waals surface area contributed by atoms with Gasteiger partial charge in [-0.25, -0.2) is 4.79 Å². The number of aryl methyl sites for hydroxylation is 2. The van der Waals surface area contributed by atoms with Gasteiger partial charge in [-0.15, -0.1) is 0 Å². The minimum Gasteiger partial charge on any atom is -0.489 e. The van der Waals surface area contributed by atoms with Crippen molar-refractivity contribution in [1.29, 1.82) is 0 Å². The van der Waals surface area contributed by atoms with Crippen molar-refractivity contribution < 1.29 is 23.8 Å². The van der Waals surface area contributed by atoms with Crippen LogP contribution in [0.1, 0.15) is 16.7 Å². The Labute approximate surface area is 181 Å². The molecule has 3 aromatic rings. The molecule has 0 fully saturated rings. The van der Waals surface area contributed by atoms with E-state index in [-0.39, 0.29) is 13.2 Å². The van der Waals surface area contributed by atoms with E-state index in [0.29, 0.717) is 23.8 Å². The van der Waals surface area contributed by atoms with Crippen LogP contribution >= 0.6 is 0 Å². The van der Waals surface area contributed by atoms with Crippen LogP contribution in [0.4, 0.5) is 5.69 Å². The Morgan fingerprint density at radius 3 is 2.13 bits per heavy atom. The van der Waals surface area contributed by atoms with Gasteiger partial charge in [0.05, 0.1) is 0 Å². The molecule has 0 spiro atoms. The van der Waals surface area contributed by atoms with Crippen LogP contribution in [0.2, 0.25) is 0 Å². The van der Waals surface area contributed by atoms with Crippen LogP contribution in [0.15, 0.2) is 72.8 Å². The van der Waals surface area contributed by atoms with Gasteiger partial charge in [0.25, 0.3) is 5.91 Å². The Hall–Kier alpha value is -3.80. The van der Waals surface area contributed by atoms with E-state index < -0.39 is 11.9 Å². The maximum atomic E-state index is 12.0. The number of hydrogen-bond donors (Lipinski definition) is 1. The number of benzene rings is 3. The lowest BCUT2D eigenvalue weighted by atomic mass is 10.1. The minimum atomic E-state index is -0.612. The zero-order chi connectivity index (χ0) is 22.1. The lowest BCUT2D eigenvalue weighted by Crippen LogP contribution is -2.23. The van der Waals surface area contributed by atoms with E-state index in [9.17, 15) is 9.59 Å². The molecule has 0 unspecified atom stereocenters. The number of hydrogen-bond acceptors (Lipinski definition) is 5. The predicted molar refractivity (Wildman–Crippen MR) is 118 cm³/mol. The van der Waals surface area contributed by atoms with Crippen LogP contribution < -0.4 is 14.8 Å². The first-order chi connectivity index (χ1) is 15.0. The first-order valence-electron chi connectivity index (χ1n) is 9.91. The summed E-state index contributed by atoms with van der Waals surface area (Å²) in [5, 5.41) is 2.67. The largest absolute Gasteiger partial charge is 0.489 e. The van der Waals surface area contributed by atoms with Gasteiger partial charge >= 0.3 is 5.97 Å². The minimum absolute atomic E-state index is 0.260. The van der Waals surface area contributed by atoms with Crippen molar-refractivity contribution in [3.63, 3.8) is 0 Å². The van der Waals surface area contributed by atoms with Crippen LogP contribution in [0.5, 0.6) is 11.5 Å². The topological polar surface area (TPSA) is 73.9 Å². The standard InChI is InChI=1S/C25H25NO5/c1-18-12-19(2)14-23(13-18)30-17-25(28)31-16-24(27)26-21-8-10-22(11-9-21)29-15-20-6-4-3-5-7-20/h3-14H,15-17H2,1-2H3,(H,26,27). The summed E-state index contributed by atoms with van der Waals surface area (Å²) in [4.78, 5) is 23.8. The summed E-state index contributed by atoms with van der Waals surface area (Å²) in [5.41, 5.74) is 3.74. The van der Waals surface area contributed by atoms with Gasteiger partial charge in [0, 0.05) is 5.69 Å². The second kappa shape index (κ2) is 10.8. The molecule has 0 saturated heterocycles. The quantitative estimate of drug-likeness (QED) is 0.519. The molecule has 6 nitrogen and oxygen atoms in total. The van der Waals surface area contributed by atoms with Gasteiger partial charge < -0.3 is 19.5 Å². The molecular weight excluding hydrogens is 394 g/mol. The second-order valence-electron chi connectivity index (χ2n) is 7.12. The fourth-order valence-corrected chi connectivity index (χ4v) is 2.92. The molecule has 3 aromatic carbocycles. The molecule has 0 aliphatic rings. The monoisotopic (exact) mass is 419 g/mol. The third kappa shape index (κ3) is 7.51. The molecular formula is C25H25NO5. The molecule has 0 bridgehead atoms. The molecule has 0 radical (unpaired) electrons. The summed E-state index contributed by atoms with van der Waals surface area (Å²) >= 11 is 0. The van der Waals surface area contributed by atoms with Crippen molar-refractivity contribution >= 4 is 17.6 Å². The van der Waals surface area contributed by atoms with Gasteiger partial charge in [0.1, 0.15) is 18.1 Å². The second-order valence-corrected chi connectivity index (χ2v) is 7.12. The molecule has 0 atom stereocenters. The van der Waals surface area contributed by atoms with E-state index >= 15 is 0 Å². The van der Waals surface area contributed by atoms with E-state index in [1.807, 2.05) is 62.4 Å². The summed E-state index contributed by atoms with van der Waals surface area (Å²) in [6.07, 6.45) is 0. The van der Waals surface area contributed by atoms with Gasteiger partial charge in [-0.05, 0) is 66.9 Å². The van der Waals surface area contributed by atoms with Crippen molar-refractivity contribution in [2.24, 2.45) is 0 Å². The third-order valence-corrected chi connectivity index (χ3v) is 4.30. The smallest absolute Gasteiger partial charge is 0.344 e. The molecule has 160 valence electrons. The van der Waals surface area contributed by atoms with Crippen LogP contribution in [0, 0.1) is 13.8 Å². The average molecular weight is 419 g/mol. The number of rotatable bonds is 9. The number of carbonyl (C=O) groups excluding carboxylic acids is 2. The molecule has 0 aliphatic carbocycles. The zero-order valence-corrected chi connectivity index (χ0v) is 17.6. The van der Waals surface area contributed by atoms with E-state index in [1.54, 1.807) is 24.3 Å². The number of carbonyl (C=O) groups is 2. The first kappa shape index (κ1) is 21.9. The highest BCUT2D eigenvalue weighted by Crippen LogP contribution is 2.18. The van der Waals surface area contributed by atoms with E-state index in [2.05, 4.69) is 5.32 Å². The van der Waals surface area contributed by atoms with Crippen LogP contribution in [-0.4, -0.2) is 25.1 Å². The number of amides is 1. The Bertz CT molecular complexity index is 996. The molecule has 31 heavy (non-hydrogen) atoms. The van der Waals surface area contributed by atoms with Crippen LogP contribution in [0.3, 0.4) is 0 Å². The third-order valence-electron chi connectivity index (χ3n) is 4.30. The number of nitrogens with one attached hydrogen (secondary N) is 1. The van der Waals surface area contributed by atoms with Crippen molar-refractivity contribution in [1.82, 2.24) is 0 Å². The predicted octanol–water partition coefficient (Wildman–Crippen LogP) is 4.44. The van der Waals surface area contributed by atoms with Crippen molar-refractivity contribution in [2.45, 2.75) is 20.5 Å². The molecule has 0 aromatic heterocycles. The van der Waals surface area contributed by atoms with Crippen molar-refractivity contribution in [3.05, 3.63) is 89.5 Å². The van der Waals surface area contributed by atoms with Crippen molar-refractivity contribution in [2.75, 3.05) is 18.5 Å². The summed E-state index contributed by atoms with van der Waals surface area (Å²) in [6, 6.07) is 22.5. The molecule has 0 heterocycles. The Morgan fingerprint density at radius 1 is 0.774 bits per heavy atom. The fourth-order valence-electron chi connectivity index (χ4n) is 2.92. The highest BCUT2D eigenvalue weighted by molar-refractivity contribution is 5.92. The van der Waals surface area contributed by atoms with E-state index in [4.69, 9.17) is 14.2 Å². The lowest BCUT2D eigenvalue weighted by molar-refractivity contribution is -0.149. The molecule has 0 aliphatic heterocycles. The molecule has 1 N–H and O–H groups in total. The summed E-state index contributed by atoms with van der Waals surface area (Å²) in [6.45, 7) is 3.71. The number of esters is 1. The normalized spacial score (nSPS) is 10.3. The fraction of sp³-hybridized carbons (Fsp3) is 0.200. The van der Waals surface area contributed by atoms with Gasteiger partial charge in [0.15, 0.2) is 13.2 Å². The lowest BCUT2D eigenvalue weighted by Gasteiger charge is -2.10. The van der Waals surface area contributed by atoms with Crippen LogP contribution in [0.25, 0.3) is 0 Å². The van der Waals surface area contributed by atoms with E-state index in [0.717, 1.165) is 16.7 Å². The summed E-state index contributed by atoms with van der Waals surface area (Å²) in [7, 11) is 0. The zero-order valence-electron chi connectivity index (χ0n) is 17.6. The van der Waals surface area contributed by atoms with Gasteiger partial charge in [-0.2, -0.15) is 0 Å². The van der Waals surface area contributed by atoms with Gasteiger partial charge in [-0.1, -0.05) is 36.4 Å².